The summed E-state index contributed by atoms with van der Waals surface area (Å²) in [6.07, 6.45) is 3.34. The SMILES string of the molecule is O=C(Nc1ccc(Cl)cc1)c1cc(-c2cccnc2)n(-c2ccc(F)cc2)n1. The van der Waals surface area contributed by atoms with Gasteiger partial charge in [-0.25, -0.2) is 9.07 Å². The van der Waals surface area contributed by atoms with Crippen molar-refractivity contribution < 1.29 is 9.18 Å². The minimum atomic E-state index is -0.367. The van der Waals surface area contributed by atoms with Crippen LogP contribution in [0.15, 0.2) is 79.1 Å². The number of rotatable bonds is 4. The lowest BCUT2D eigenvalue weighted by molar-refractivity contribution is 0.102. The summed E-state index contributed by atoms with van der Waals surface area (Å²) < 4.78 is 14.9. The molecule has 0 aliphatic carbocycles. The van der Waals surface area contributed by atoms with Gasteiger partial charge >= 0.3 is 0 Å². The number of carbonyl (C=O) groups excluding carboxylic acids is 1. The highest BCUT2D eigenvalue weighted by molar-refractivity contribution is 6.30. The maximum absolute atomic E-state index is 13.3. The van der Waals surface area contributed by atoms with Crippen molar-refractivity contribution in [3.05, 3.63) is 95.7 Å². The van der Waals surface area contributed by atoms with E-state index in [0.29, 0.717) is 22.1 Å². The Morgan fingerprint density at radius 1 is 1.04 bits per heavy atom. The van der Waals surface area contributed by atoms with Gasteiger partial charge in [0.1, 0.15) is 5.82 Å². The number of nitrogens with zero attached hydrogens (tertiary/aromatic N) is 3. The monoisotopic (exact) mass is 392 g/mol. The number of carbonyl (C=O) groups is 1. The summed E-state index contributed by atoms with van der Waals surface area (Å²) in [5, 5.41) is 7.80. The minimum Gasteiger partial charge on any atom is -0.321 e. The van der Waals surface area contributed by atoms with Crippen molar-refractivity contribution in [3.63, 3.8) is 0 Å². The van der Waals surface area contributed by atoms with Crippen LogP contribution in [0.5, 0.6) is 0 Å². The maximum atomic E-state index is 13.3. The van der Waals surface area contributed by atoms with Gasteiger partial charge < -0.3 is 5.32 Å². The second-order valence-electron chi connectivity index (χ2n) is 6.01. The molecule has 7 heteroatoms. The number of anilines is 1. The van der Waals surface area contributed by atoms with E-state index in [1.54, 1.807) is 65.6 Å². The summed E-state index contributed by atoms with van der Waals surface area (Å²) in [6, 6.07) is 18.0. The van der Waals surface area contributed by atoms with Crippen molar-refractivity contribution in [1.29, 1.82) is 0 Å². The average molecular weight is 393 g/mol. The molecular weight excluding hydrogens is 379 g/mol. The molecule has 4 rings (SSSR count). The zero-order chi connectivity index (χ0) is 19.5. The van der Waals surface area contributed by atoms with Gasteiger partial charge in [0.15, 0.2) is 5.69 Å². The number of hydrogen-bond acceptors (Lipinski definition) is 3. The number of amides is 1. The molecule has 0 unspecified atom stereocenters. The van der Waals surface area contributed by atoms with E-state index in [2.05, 4.69) is 15.4 Å². The summed E-state index contributed by atoms with van der Waals surface area (Å²) in [5.74, 6) is -0.715. The van der Waals surface area contributed by atoms with E-state index in [4.69, 9.17) is 11.6 Å². The molecule has 2 aromatic heterocycles. The van der Waals surface area contributed by atoms with Crippen LogP contribution in [0.3, 0.4) is 0 Å². The Balaban J connectivity index is 1.73. The number of nitrogens with one attached hydrogen (secondary N) is 1. The zero-order valence-corrected chi connectivity index (χ0v) is 15.3. The number of pyridine rings is 1. The van der Waals surface area contributed by atoms with E-state index in [-0.39, 0.29) is 17.4 Å². The fourth-order valence-electron chi connectivity index (χ4n) is 2.72. The first-order valence-electron chi connectivity index (χ1n) is 8.43. The normalized spacial score (nSPS) is 10.6. The third-order valence-corrected chi connectivity index (χ3v) is 4.32. The predicted octanol–water partition coefficient (Wildman–Crippen LogP) is 4.98. The van der Waals surface area contributed by atoms with Crippen molar-refractivity contribution in [2.45, 2.75) is 0 Å². The molecule has 0 aliphatic rings. The van der Waals surface area contributed by atoms with Crippen LogP contribution in [0, 0.1) is 5.82 Å². The van der Waals surface area contributed by atoms with Crippen molar-refractivity contribution in [2.75, 3.05) is 5.32 Å². The van der Waals surface area contributed by atoms with Gasteiger partial charge in [0.2, 0.25) is 0 Å². The van der Waals surface area contributed by atoms with Crippen molar-refractivity contribution in [3.8, 4) is 16.9 Å². The van der Waals surface area contributed by atoms with Crippen LogP contribution in [-0.4, -0.2) is 20.7 Å². The molecular formula is C21H14ClFN4O. The molecule has 0 saturated carbocycles. The molecule has 2 heterocycles. The van der Waals surface area contributed by atoms with Crippen LogP contribution in [0.25, 0.3) is 16.9 Å². The zero-order valence-electron chi connectivity index (χ0n) is 14.5. The standard InChI is InChI=1S/C21H14ClFN4O/c22-15-3-7-17(8-4-15)25-21(28)19-12-20(14-2-1-11-24-13-14)27(26-19)18-9-5-16(23)6-10-18/h1-13H,(H,25,28). The van der Waals surface area contributed by atoms with E-state index in [9.17, 15) is 9.18 Å². The Labute approximate surface area is 165 Å². The Kier molecular flexibility index (Phi) is 4.87. The fourth-order valence-corrected chi connectivity index (χ4v) is 2.85. The second-order valence-corrected chi connectivity index (χ2v) is 6.44. The molecule has 28 heavy (non-hydrogen) atoms. The molecule has 0 atom stereocenters. The van der Waals surface area contributed by atoms with Gasteiger partial charge in [-0.1, -0.05) is 11.6 Å². The molecule has 0 bridgehead atoms. The second kappa shape index (κ2) is 7.62. The van der Waals surface area contributed by atoms with Crippen molar-refractivity contribution in [1.82, 2.24) is 14.8 Å². The topological polar surface area (TPSA) is 59.8 Å². The molecule has 1 N–H and O–H groups in total. The quantitative estimate of drug-likeness (QED) is 0.533. The predicted molar refractivity (Wildman–Crippen MR) is 106 cm³/mol. The van der Waals surface area contributed by atoms with Gasteiger partial charge in [-0.2, -0.15) is 5.10 Å². The highest BCUT2D eigenvalue weighted by atomic mass is 35.5. The van der Waals surface area contributed by atoms with Gasteiger partial charge in [0.25, 0.3) is 5.91 Å². The van der Waals surface area contributed by atoms with Gasteiger partial charge in [-0.3, -0.25) is 9.78 Å². The Bertz CT molecular complexity index is 1110. The third kappa shape index (κ3) is 3.77. The lowest BCUT2D eigenvalue weighted by Crippen LogP contribution is -2.13. The third-order valence-electron chi connectivity index (χ3n) is 4.07. The number of benzene rings is 2. The Morgan fingerprint density at radius 3 is 2.46 bits per heavy atom. The molecule has 0 saturated heterocycles. The average Bonchev–Trinajstić information content (AvgIpc) is 3.16. The highest BCUT2D eigenvalue weighted by Crippen LogP contribution is 2.24. The van der Waals surface area contributed by atoms with E-state index in [1.807, 2.05) is 6.07 Å². The molecule has 4 aromatic rings. The first-order valence-corrected chi connectivity index (χ1v) is 8.81. The minimum absolute atomic E-state index is 0.220. The summed E-state index contributed by atoms with van der Waals surface area (Å²) >= 11 is 5.88. The summed E-state index contributed by atoms with van der Waals surface area (Å²) in [5.41, 5.74) is 2.91. The molecule has 0 aliphatic heterocycles. The van der Waals surface area contributed by atoms with Gasteiger partial charge in [-0.05, 0) is 66.7 Å². The van der Waals surface area contributed by atoms with Crippen LogP contribution in [-0.2, 0) is 0 Å². The van der Waals surface area contributed by atoms with Gasteiger partial charge in [0, 0.05) is 28.7 Å². The van der Waals surface area contributed by atoms with Gasteiger partial charge in [0.05, 0.1) is 11.4 Å². The van der Waals surface area contributed by atoms with E-state index < -0.39 is 0 Å². The first kappa shape index (κ1) is 17.9. The highest BCUT2D eigenvalue weighted by Gasteiger charge is 2.17. The molecule has 1 amide bonds. The summed E-state index contributed by atoms with van der Waals surface area (Å²) in [4.78, 5) is 16.8. The van der Waals surface area contributed by atoms with Crippen LogP contribution >= 0.6 is 11.6 Å². The van der Waals surface area contributed by atoms with Crippen LogP contribution in [0.4, 0.5) is 10.1 Å². The molecule has 0 spiro atoms. The first-order chi connectivity index (χ1) is 13.6. The Hall–Kier alpha value is -3.51. The molecule has 5 nitrogen and oxygen atoms in total. The number of halogens is 2. The molecule has 0 radical (unpaired) electrons. The van der Waals surface area contributed by atoms with Crippen molar-refractivity contribution >= 4 is 23.2 Å². The largest absolute Gasteiger partial charge is 0.321 e. The number of hydrogen-bond donors (Lipinski definition) is 1. The van der Waals surface area contributed by atoms with Crippen LogP contribution < -0.4 is 5.32 Å². The summed E-state index contributed by atoms with van der Waals surface area (Å²) in [6.45, 7) is 0. The van der Waals surface area contributed by atoms with E-state index in [1.165, 1.54) is 12.1 Å². The molecule has 2 aromatic carbocycles. The maximum Gasteiger partial charge on any atom is 0.276 e. The Morgan fingerprint density at radius 2 is 1.79 bits per heavy atom. The summed E-state index contributed by atoms with van der Waals surface area (Å²) in [7, 11) is 0. The van der Waals surface area contributed by atoms with E-state index >= 15 is 0 Å². The molecule has 138 valence electrons. The smallest absolute Gasteiger partial charge is 0.276 e. The van der Waals surface area contributed by atoms with Crippen molar-refractivity contribution in [2.24, 2.45) is 0 Å². The number of aromatic nitrogens is 3. The van der Waals surface area contributed by atoms with E-state index in [0.717, 1.165) is 5.56 Å². The lowest BCUT2D eigenvalue weighted by Gasteiger charge is -2.07. The van der Waals surface area contributed by atoms with Gasteiger partial charge in [-0.15, -0.1) is 0 Å². The van der Waals surface area contributed by atoms with Crippen LogP contribution in [0.2, 0.25) is 5.02 Å². The molecule has 0 fully saturated rings. The lowest BCUT2D eigenvalue weighted by atomic mass is 10.2. The fraction of sp³-hybridized carbons (Fsp3) is 0. The van der Waals surface area contributed by atoms with Crippen LogP contribution in [0.1, 0.15) is 10.5 Å².